The summed E-state index contributed by atoms with van der Waals surface area (Å²) in [5.41, 5.74) is 0. The zero-order valence-corrected chi connectivity index (χ0v) is 7.74. The van der Waals surface area contributed by atoms with Crippen LogP contribution in [0, 0.1) is 0 Å². The second kappa shape index (κ2) is 7.08. The standard InChI is InChI=1S/C6H11O6P.Li.H/c7-5(8)1-3-13(11,12)4-2-6(9)10;;/h1-4H2,(H,7,8)(H,9,10)(H,11,12);;. The number of carboxylic acids is 2. The molecule has 0 saturated heterocycles. The van der Waals surface area contributed by atoms with Crippen LogP contribution >= 0.6 is 7.37 Å². The topological polar surface area (TPSA) is 112 Å². The molecule has 0 fully saturated rings. The Labute approximate surface area is 92.9 Å². The zero-order valence-electron chi connectivity index (χ0n) is 6.84. The van der Waals surface area contributed by atoms with Crippen LogP contribution < -0.4 is 0 Å². The van der Waals surface area contributed by atoms with E-state index in [0.29, 0.717) is 0 Å². The van der Waals surface area contributed by atoms with Crippen molar-refractivity contribution >= 4 is 38.2 Å². The van der Waals surface area contributed by atoms with Crippen LogP contribution in [0.15, 0.2) is 0 Å². The van der Waals surface area contributed by atoms with Crippen molar-refractivity contribution in [1.82, 2.24) is 0 Å². The molecule has 0 radical (unpaired) electrons. The molecule has 78 valence electrons. The van der Waals surface area contributed by atoms with Gasteiger partial charge in [0.2, 0.25) is 7.37 Å². The summed E-state index contributed by atoms with van der Waals surface area (Å²) in [5, 5.41) is 16.4. The maximum atomic E-state index is 11.1. The summed E-state index contributed by atoms with van der Waals surface area (Å²) < 4.78 is 11.1. The van der Waals surface area contributed by atoms with Crippen LogP contribution in [0.4, 0.5) is 0 Å². The predicted octanol–water partition coefficient (Wildman–Crippen LogP) is -0.442. The number of rotatable bonds is 6. The van der Waals surface area contributed by atoms with Gasteiger partial charge in [-0.2, -0.15) is 0 Å². The molecular formula is C6H12LiO6P. The van der Waals surface area contributed by atoms with Crippen LogP contribution in [0.3, 0.4) is 0 Å². The minimum atomic E-state index is -3.56. The van der Waals surface area contributed by atoms with E-state index in [9.17, 15) is 14.2 Å². The Kier molecular flexibility index (Phi) is 8.17. The molecule has 0 aromatic rings. The van der Waals surface area contributed by atoms with Crippen molar-refractivity contribution in [3.63, 3.8) is 0 Å². The summed E-state index contributed by atoms with van der Waals surface area (Å²) in [5.74, 6) is -2.32. The van der Waals surface area contributed by atoms with E-state index in [4.69, 9.17) is 15.1 Å². The van der Waals surface area contributed by atoms with Crippen LogP contribution in [0.5, 0.6) is 0 Å². The van der Waals surface area contributed by atoms with Gasteiger partial charge in [0.05, 0.1) is 12.8 Å². The maximum absolute atomic E-state index is 11.1. The van der Waals surface area contributed by atoms with Crippen LogP contribution in [0.2, 0.25) is 0 Å². The molecule has 0 aliphatic carbocycles. The number of carboxylic acid groups (broad SMARTS) is 2. The first-order valence-electron chi connectivity index (χ1n) is 3.58. The molecule has 0 spiro atoms. The molecule has 0 amide bonds. The van der Waals surface area contributed by atoms with Gasteiger partial charge in [-0.05, 0) is 0 Å². The molecule has 0 rings (SSSR count). The first kappa shape index (κ1) is 16.2. The summed E-state index contributed by atoms with van der Waals surface area (Å²) in [7, 11) is -3.56. The zero-order chi connectivity index (χ0) is 10.5. The van der Waals surface area contributed by atoms with Crippen molar-refractivity contribution in [2.75, 3.05) is 12.3 Å². The van der Waals surface area contributed by atoms with Gasteiger partial charge in [0.1, 0.15) is 0 Å². The first-order chi connectivity index (χ1) is 5.83. The summed E-state index contributed by atoms with van der Waals surface area (Å²) in [6, 6.07) is 0. The third-order valence-corrected chi connectivity index (χ3v) is 3.19. The summed E-state index contributed by atoms with van der Waals surface area (Å²) in [6.07, 6.45) is -1.55. The van der Waals surface area contributed by atoms with Gasteiger partial charge < -0.3 is 15.1 Å². The molecule has 8 heteroatoms. The van der Waals surface area contributed by atoms with E-state index in [1.165, 1.54) is 0 Å². The fourth-order valence-electron chi connectivity index (χ4n) is 0.652. The van der Waals surface area contributed by atoms with E-state index in [1.807, 2.05) is 0 Å². The van der Waals surface area contributed by atoms with Crippen LogP contribution in [0.25, 0.3) is 0 Å². The van der Waals surface area contributed by atoms with E-state index in [1.54, 1.807) is 0 Å². The molecule has 0 aliphatic heterocycles. The number of carbonyl (C=O) groups is 2. The molecule has 14 heavy (non-hydrogen) atoms. The third-order valence-electron chi connectivity index (χ3n) is 1.35. The SMILES string of the molecule is O=C(O)CCP(=O)(O)CCC(=O)O.[LiH]. The van der Waals surface area contributed by atoms with Crippen LogP contribution in [-0.2, 0) is 14.2 Å². The van der Waals surface area contributed by atoms with Crippen molar-refractivity contribution in [3.05, 3.63) is 0 Å². The van der Waals surface area contributed by atoms with E-state index in [2.05, 4.69) is 0 Å². The van der Waals surface area contributed by atoms with E-state index >= 15 is 0 Å². The van der Waals surface area contributed by atoms with E-state index < -0.39 is 32.1 Å². The van der Waals surface area contributed by atoms with Crippen molar-refractivity contribution in [3.8, 4) is 0 Å². The quantitative estimate of drug-likeness (QED) is 0.411. The Morgan fingerprint density at radius 2 is 1.29 bits per heavy atom. The molecule has 0 heterocycles. The normalized spacial score (nSPS) is 10.4. The molecule has 0 saturated carbocycles. The first-order valence-corrected chi connectivity index (χ1v) is 5.61. The monoisotopic (exact) mass is 218 g/mol. The molecular weight excluding hydrogens is 206 g/mol. The predicted molar refractivity (Wildman–Crippen MR) is 51.2 cm³/mol. The Morgan fingerprint density at radius 1 is 1.00 bits per heavy atom. The van der Waals surface area contributed by atoms with Crippen LogP contribution in [-0.4, -0.2) is 58.2 Å². The average Bonchev–Trinajstić information content (AvgIpc) is 1.98. The number of hydrogen-bond acceptors (Lipinski definition) is 3. The average molecular weight is 218 g/mol. The van der Waals surface area contributed by atoms with Gasteiger partial charge in [0.15, 0.2) is 0 Å². The second-order valence-electron chi connectivity index (χ2n) is 2.58. The van der Waals surface area contributed by atoms with Crippen LogP contribution in [0.1, 0.15) is 12.8 Å². The van der Waals surface area contributed by atoms with Gasteiger partial charge in [-0.25, -0.2) is 0 Å². The summed E-state index contributed by atoms with van der Waals surface area (Å²) in [6.45, 7) is 0. The molecule has 0 aliphatic rings. The Balaban J connectivity index is 0. The Hall–Kier alpha value is -0.273. The molecule has 0 bridgehead atoms. The molecule has 0 aromatic heterocycles. The Morgan fingerprint density at radius 3 is 1.50 bits per heavy atom. The van der Waals surface area contributed by atoms with E-state index in [0.717, 1.165) is 0 Å². The second-order valence-corrected chi connectivity index (χ2v) is 5.17. The van der Waals surface area contributed by atoms with Gasteiger partial charge in [-0.15, -0.1) is 0 Å². The van der Waals surface area contributed by atoms with Gasteiger partial charge in [0, 0.05) is 12.3 Å². The van der Waals surface area contributed by atoms with Gasteiger partial charge in [0.25, 0.3) is 0 Å². The molecule has 6 nitrogen and oxygen atoms in total. The van der Waals surface area contributed by atoms with Crippen molar-refractivity contribution < 1.29 is 29.3 Å². The fraction of sp³-hybridized carbons (Fsp3) is 0.667. The van der Waals surface area contributed by atoms with Gasteiger partial charge in [-0.1, -0.05) is 0 Å². The minimum absolute atomic E-state index is 0. The third kappa shape index (κ3) is 9.81. The summed E-state index contributed by atoms with van der Waals surface area (Å²) in [4.78, 5) is 29.1. The van der Waals surface area contributed by atoms with Crippen molar-refractivity contribution in [2.45, 2.75) is 12.8 Å². The molecule has 3 N–H and O–H groups in total. The molecule has 0 atom stereocenters. The van der Waals surface area contributed by atoms with Gasteiger partial charge >= 0.3 is 30.8 Å². The summed E-state index contributed by atoms with van der Waals surface area (Å²) >= 11 is 0. The van der Waals surface area contributed by atoms with Crippen molar-refractivity contribution in [1.29, 1.82) is 0 Å². The number of hydrogen-bond donors (Lipinski definition) is 3. The fourth-order valence-corrected chi connectivity index (χ4v) is 1.96. The van der Waals surface area contributed by atoms with Gasteiger partial charge in [-0.3, -0.25) is 14.2 Å². The Bertz CT molecular complexity index is 231. The molecule has 0 aromatic carbocycles. The number of aliphatic carboxylic acids is 2. The van der Waals surface area contributed by atoms with Crippen molar-refractivity contribution in [2.24, 2.45) is 0 Å². The molecule has 0 unspecified atom stereocenters. The van der Waals surface area contributed by atoms with E-state index in [-0.39, 0.29) is 31.2 Å².